The summed E-state index contributed by atoms with van der Waals surface area (Å²) in [7, 11) is 1.65. The molecular weight excluding hydrogens is 450 g/mol. The largest absolute Gasteiger partial charge is 0.497 e. The highest BCUT2D eigenvalue weighted by Crippen LogP contribution is 2.22. The summed E-state index contributed by atoms with van der Waals surface area (Å²) in [5.74, 6) is 0.446. The van der Waals surface area contributed by atoms with Gasteiger partial charge in [0.1, 0.15) is 11.8 Å². The van der Waals surface area contributed by atoms with Crippen LogP contribution in [0.15, 0.2) is 78.9 Å². The Bertz CT molecular complexity index is 1110. The van der Waals surface area contributed by atoms with Crippen molar-refractivity contribution < 1.29 is 14.3 Å². The number of carbonyl (C=O) groups is 2. The molecular formula is C27H28ClN3O3. The van der Waals surface area contributed by atoms with Gasteiger partial charge in [-0.25, -0.2) is 0 Å². The molecule has 3 aromatic carbocycles. The van der Waals surface area contributed by atoms with Gasteiger partial charge < -0.3 is 19.9 Å². The summed E-state index contributed by atoms with van der Waals surface area (Å²) in [4.78, 5) is 30.5. The number of rotatable bonds is 7. The molecule has 2 amide bonds. The van der Waals surface area contributed by atoms with E-state index >= 15 is 0 Å². The zero-order valence-electron chi connectivity index (χ0n) is 19.1. The van der Waals surface area contributed by atoms with Crippen LogP contribution in [0.25, 0.3) is 0 Å². The van der Waals surface area contributed by atoms with Gasteiger partial charge in [-0.05, 0) is 42.0 Å². The number of nitrogens with zero attached hydrogens (tertiary/aromatic N) is 2. The maximum absolute atomic E-state index is 13.5. The van der Waals surface area contributed by atoms with Crippen LogP contribution >= 0.6 is 11.6 Å². The first-order valence-corrected chi connectivity index (χ1v) is 11.7. The molecule has 4 rings (SSSR count). The van der Waals surface area contributed by atoms with Gasteiger partial charge >= 0.3 is 0 Å². The van der Waals surface area contributed by atoms with Crippen LogP contribution in [0.3, 0.4) is 0 Å². The highest BCUT2D eigenvalue weighted by Gasteiger charge is 2.29. The summed E-state index contributed by atoms with van der Waals surface area (Å²) >= 11 is 5.95. The molecule has 0 bridgehead atoms. The van der Waals surface area contributed by atoms with Crippen LogP contribution in [0, 0.1) is 0 Å². The molecule has 1 N–H and O–H groups in total. The Labute approximate surface area is 205 Å². The van der Waals surface area contributed by atoms with E-state index in [0.717, 1.165) is 17.0 Å². The Hall–Kier alpha value is -3.51. The summed E-state index contributed by atoms with van der Waals surface area (Å²) in [6, 6.07) is 23.7. The van der Waals surface area contributed by atoms with Crippen molar-refractivity contribution in [2.24, 2.45) is 0 Å². The summed E-state index contributed by atoms with van der Waals surface area (Å²) < 4.78 is 5.33. The Morgan fingerprint density at radius 2 is 1.65 bits per heavy atom. The number of piperazine rings is 1. The minimum absolute atomic E-state index is 0.0727. The molecule has 1 fully saturated rings. The molecule has 1 aliphatic rings. The molecule has 0 aliphatic carbocycles. The molecule has 0 spiro atoms. The van der Waals surface area contributed by atoms with Crippen molar-refractivity contribution in [2.75, 3.05) is 38.2 Å². The lowest BCUT2D eigenvalue weighted by Gasteiger charge is -2.37. The zero-order valence-corrected chi connectivity index (χ0v) is 19.9. The summed E-state index contributed by atoms with van der Waals surface area (Å²) in [5.41, 5.74) is 2.54. The molecule has 176 valence electrons. The number of hydrogen-bond donors (Lipinski definition) is 1. The molecule has 0 aromatic heterocycles. The molecule has 7 heteroatoms. The third-order valence-electron chi connectivity index (χ3n) is 6.00. The molecule has 1 saturated heterocycles. The standard InChI is InChI=1S/C27H28ClN3O3/c1-34-24-9-5-8-23(19-24)30-14-16-31(17-15-30)27(33)25(18-20-6-3-2-4-7-20)29-26(32)21-10-12-22(28)13-11-21/h2-13,19,25H,14-18H2,1H3,(H,29,32). The predicted molar refractivity (Wildman–Crippen MR) is 135 cm³/mol. The number of nitrogens with one attached hydrogen (secondary N) is 1. The Balaban J connectivity index is 1.45. The second-order valence-electron chi connectivity index (χ2n) is 8.24. The Morgan fingerprint density at radius 1 is 0.941 bits per heavy atom. The van der Waals surface area contributed by atoms with Gasteiger partial charge in [0.2, 0.25) is 5.91 Å². The van der Waals surface area contributed by atoms with Crippen LogP contribution in [0.2, 0.25) is 5.02 Å². The first-order valence-electron chi connectivity index (χ1n) is 11.3. The maximum atomic E-state index is 13.5. The number of methoxy groups -OCH3 is 1. The third kappa shape index (κ3) is 5.88. The lowest BCUT2D eigenvalue weighted by molar-refractivity contribution is -0.133. The van der Waals surface area contributed by atoms with Crippen LogP contribution in [-0.4, -0.2) is 56.0 Å². The summed E-state index contributed by atoms with van der Waals surface area (Å²) in [6.07, 6.45) is 0.426. The van der Waals surface area contributed by atoms with Crippen LogP contribution in [0.1, 0.15) is 15.9 Å². The van der Waals surface area contributed by atoms with E-state index in [9.17, 15) is 9.59 Å². The van der Waals surface area contributed by atoms with E-state index in [1.54, 1.807) is 31.4 Å². The van der Waals surface area contributed by atoms with Crippen molar-refractivity contribution in [3.63, 3.8) is 0 Å². The van der Waals surface area contributed by atoms with Crippen molar-refractivity contribution in [2.45, 2.75) is 12.5 Å². The van der Waals surface area contributed by atoms with Crippen LogP contribution in [-0.2, 0) is 11.2 Å². The van der Waals surface area contributed by atoms with Gasteiger partial charge in [0.15, 0.2) is 0 Å². The number of benzene rings is 3. The fraction of sp³-hybridized carbons (Fsp3) is 0.259. The molecule has 0 radical (unpaired) electrons. The van der Waals surface area contributed by atoms with Crippen molar-refractivity contribution in [3.8, 4) is 5.75 Å². The normalized spacial score (nSPS) is 14.4. The van der Waals surface area contributed by atoms with E-state index in [1.807, 2.05) is 59.5 Å². The average molecular weight is 478 g/mol. The fourth-order valence-corrected chi connectivity index (χ4v) is 4.23. The van der Waals surface area contributed by atoms with Gasteiger partial charge in [-0.3, -0.25) is 9.59 Å². The molecule has 6 nitrogen and oxygen atoms in total. The first kappa shape index (κ1) is 23.6. The van der Waals surface area contributed by atoms with Crippen LogP contribution in [0.5, 0.6) is 5.75 Å². The number of hydrogen-bond acceptors (Lipinski definition) is 4. The zero-order chi connectivity index (χ0) is 23.9. The molecule has 34 heavy (non-hydrogen) atoms. The second-order valence-corrected chi connectivity index (χ2v) is 8.67. The summed E-state index contributed by atoms with van der Waals surface area (Å²) in [6.45, 7) is 2.58. The minimum Gasteiger partial charge on any atom is -0.497 e. The van der Waals surface area contributed by atoms with Gasteiger partial charge in [-0.15, -0.1) is 0 Å². The molecule has 0 saturated carbocycles. The van der Waals surface area contributed by atoms with E-state index in [1.165, 1.54) is 0 Å². The molecule has 1 aliphatic heterocycles. The number of amides is 2. The van der Waals surface area contributed by atoms with E-state index < -0.39 is 6.04 Å². The molecule has 1 atom stereocenters. The molecule has 1 unspecified atom stereocenters. The highest BCUT2D eigenvalue weighted by molar-refractivity contribution is 6.30. The van der Waals surface area contributed by atoms with E-state index in [-0.39, 0.29) is 11.8 Å². The SMILES string of the molecule is COc1cccc(N2CCN(C(=O)C(Cc3ccccc3)NC(=O)c3ccc(Cl)cc3)CC2)c1. The quantitative estimate of drug-likeness (QED) is 0.558. The number of halogens is 1. The molecule has 1 heterocycles. The first-order chi connectivity index (χ1) is 16.5. The lowest BCUT2D eigenvalue weighted by atomic mass is 10.0. The van der Waals surface area contributed by atoms with Crippen molar-refractivity contribution in [1.29, 1.82) is 0 Å². The topological polar surface area (TPSA) is 61.9 Å². The number of ether oxygens (including phenoxy) is 1. The number of carbonyl (C=O) groups excluding carboxylic acids is 2. The highest BCUT2D eigenvalue weighted by atomic mass is 35.5. The van der Waals surface area contributed by atoms with Crippen LogP contribution in [0.4, 0.5) is 5.69 Å². The lowest BCUT2D eigenvalue weighted by Crippen LogP contribution is -2.55. The second kappa shape index (κ2) is 11.1. The Kier molecular flexibility index (Phi) is 7.70. The average Bonchev–Trinajstić information content (AvgIpc) is 2.89. The number of anilines is 1. The van der Waals surface area contributed by atoms with Gasteiger partial charge in [0, 0.05) is 54.9 Å². The van der Waals surface area contributed by atoms with Crippen molar-refractivity contribution in [3.05, 3.63) is 95.0 Å². The van der Waals surface area contributed by atoms with E-state index in [2.05, 4.69) is 10.2 Å². The fourth-order valence-electron chi connectivity index (χ4n) is 4.11. The predicted octanol–water partition coefficient (Wildman–Crippen LogP) is 4.04. The van der Waals surface area contributed by atoms with Crippen molar-refractivity contribution in [1.82, 2.24) is 10.2 Å². The van der Waals surface area contributed by atoms with E-state index in [4.69, 9.17) is 16.3 Å². The Morgan fingerprint density at radius 3 is 2.32 bits per heavy atom. The molecule has 3 aromatic rings. The van der Waals surface area contributed by atoms with Gasteiger partial charge in [-0.2, -0.15) is 0 Å². The van der Waals surface area contributed by atoms with Gasteiger partial charge in [0.25, 0.3) is 5.91 Å². The third-order valence-corrected chi connectivity index (χ3v) is 6.25. The minimum atomic E-state index is -0.658. The smallest absolute Gasteiger partial charge is 0.251 e. The summed E-state index contributed by atoms with van der Waals surface area (Å²) in [5, 5.41) is 3.51. The van der Waals surface area contributed by atoms with Crippen molar-refractivity contribution >= 4 is 29.1 Å². The van der Waals surface area contributed by atoms with Gasteiger partial charge in [0.05, 0.1) is 7.11 Å². The van der Waals surface area contributed by atoms with Gasteiger partial charge in [-0.1, -0.05) is 48.0 Å². The monoisotopic (exact) mass is 477 g/mol. The maximum Gasteiger partial charge on any atom is 0.251 e. The van der Waals surface area contributed by atoms with Crippen LogP contribution < -0.4 is 15.0 Å². The van der Waals surface area contributed by atoms with E-state index in [0.29, 0.717) is 43.2 Å².